The molecule has 1 amide bonds. The van der Waals surface area contributed by atoms with E-state index in [9.17, 15) is 4.79 Å². The maximum absolute atomic E-state index is 12.3. The van der Waals surface area contributed by atoms with E-state index in [1.54, 1.807) is 7.11 Å². The normalized spacial score (nSPS) is 10.7. The van der Waals surface area contributed by atoms with Gasteiger partial charge in [-0.25, -0.2) is 0 Å². The van der Waals surface area contributed by atoms with Crippen molar-refractivity contribution in [2.75, 3.05) is 19.0 Å². The number of hydrogen-bond acceptors (Lipinski definition) is 2. The first-order chi connectivity index (χ1) is 9.58. The number of hydrogen-bond donors (Lipinski definition) is 0. The molecular formula is C16H24BrNO2. The summed E-state index contributed by atoms with van der Waals surface area (Å²) >= 11 is 3.42. The third-order valence-electron chi connectivity index (χ3n) is 3.26. The number of aryl methyl sites for hydroxylation is 1. The summed E-state index contributed by atoms with van der Waals surface area (Å²) < 4.78 is 5.13. The summed E-state index contributed by atoms with van der Waals surface area (Å²) in [5, 5.41) is 0.933. The predicted octanol–water partition coefficient (Wildman–Crippen LogP) is 3.65. The number of nitrogens with zero attached hydrogens (tertiary/aromatic N) is 1. The molecule has 0 fully saturated rings. The average Bonchev–Trinajstić information content (AvgIpc) is 2.45. The summed E-state index contributed by atoms with van der Waals surface area (Å²) in [7, 11) is 1.66. The quantitative estimate of drug-likeness (QED) is 0.675. The van der Waals surface area contributed by atoms with Gasteiger partial charge in [0.25, 0.3) is 0 Å². The molecule has 20 heavy (non-hydrogen) atoms. The van der Waals surface area contributed by atoms with Crippen molar-refractivity contribution in [3.8, 4) is 5.75 Å². The van der Waals surface area contributed by atoms with Crippen molar-refractivity contribution in [3.05, 3.63) is 29.8 Å². The molecule has 0 saturated carbocycles. The number of alkyl halides is 1. The molecule has 0 bridgehead atoms. The van der Waals surface area contributed by atoms with Crippen LogP contribution in [0.15, 0.2) is 24.3 Å². The number of halogens is 1. The van der Waals surface area contributed by atoms with Crippen molar-refractivity contribution < 1.29 is 9.53 Å². The molecule has 3 nitrogen and oxygen atoms in total. The van der Waals surface area contributed by atoms with E-state index in [1.807, 2.05) is 29.2 Å². The minimum atomic E-state index is 0.233. The monoisotopic (exact) mass is 341 g/mol. The molecule has 0 saturated heterocycles. The highest BCUT2D eigenvalue weighted by Crippen LogP contribution is 2.13. The first kappa shape index (κ1) is 17.0. The van der Waals surface area contributed by atoms with Gasteiger partial charge < -0.3 is 9.64 Å². The highest BCUT2D eigenvalue weighted by molar-refractivity contribution is 9.09. The van der Waals surface area contributed by atoms with Crippen LogP contribution in [0.25, 0.3) is 0 Å². The summed E-state index contributed by atoms with van der Waals surface area (Å²) in [5.74, 6) is 1.08. The van der Waals surface area contributed by atoms with Crippen LogP contribution in [0.5, 0.6) is 5.75 Å². The Hall–Kier alpha value is -1.03. The fraction of sp³-hybridized carbons (Fsp3) is 0.562. The van der Waals surface area contributed by atoms with Crippen LogP contribution in [-0.2, 0) is 11.2 Å². The largest absolute Gasteiger partial charge is 0.497 e. The van der Waals surface area contributed by atoms with Gasteiger partial charge in [0.1, 0.15) is 5.75 Å². The fourth-order valence-corrected chi connectivity index (χ4v) is 2.34. The minimum absolute atomic E-state index is 0.233. The Kier molecular flexibility index (Phi) is 7.67. The van der Waals surface area contributed by atoms with Crippen molar-refractivity contribution in [1.29, 1.82) is 0 Å². The molecule has 0 spiro atoms. The van der Waals surface area contributed by atoms with E-state index in [0.29, 0.717) is 6.42 Å². The number of benzene rings is 1. The van der Waals surface area contributed by atoms with Gasteiger partial charge in [0.05, 0.1) is 7.11 Å². The smallest absolute Gasteiger partial charge is 0.223 e. The van der Waals surface area contributed by atoms with Crippen LogP contribution in [0.3, 0.4) is 0 Å². The highest BCUT2D eigenvalue weighted by atomic mass is 79.9. The molecule has 0 aliphatic carbocycles. The van der Waals surface area contributed by atoms with E-state index in [0.717, 1.165) is 30.5 Å². The number of ether oxygens (including phenoxy) is 1. The minimum Gasteiger partial charge on any atom is -0.497 e. The van der Waals surface area contributed by atoms with Crippen LogP contribution in [0.1, 0.15) is 32.3 Å². The third kappa shape index (κ3) is 5.53. The van der Waals surface area contributed by atoms with Gasteiger partial charge in [-0.3, -0.25) is 4.79 Å². The molecule has 0 atom stereocenters. The Bertz CT molecular complexity index is 403. The molecule has 4 heteroatoms. The molecule has 112 valence electrons. The van der Waals surface area contributed by atoms with Gasteiger partial charge in [-0.1, -0.05) is 28.1 Å². The van der Waals surface area contributed by atoms with Crippen molar-refractivity contribution >= 4 is 21.8 Å². The van der Waals surface area contributed by atoms with E-state index in [1.165, 1.54) is 5.56 Å². The zero-order valence-corrected chi connectivity index (χ0v) is 14.1. The van der Waals surface area contributed by atoms with Gasteiger partial charge in [-0.15, -0.1) is 0 Å². The lowest BCUT2D eigenvalue weighted by atomic mass is 10.1. The molecule has 1 aromatic rings. The number of amides is 1. The Balaban J connectivity index is 2.50. The van der Waals surface area contributed by atoms with Gasteiger partial charge in [-0.2, -0.15) is 0 Å². The maximum Gasteiger partial charge on any atom is 0.223 e. The first-order valence-corrected chi connectivity index (χ1v) is 8.19. The lowest BCUT2D eigenvalue weighted by Gasteiger charge is -2.26. The summed E-state index contributed by atoms with van der Waals surface area (Å²) in [4.78, 5) is 14.2. The molecular weight excluding hydrogens is 318 g/mol. The van der Waals surface area contributed by atoms with Gasteiger partial charge in [0.2, 0.25) is 5.91 Å². The number of carbonyl (C=O) groups is 1. The topological polar surface area (TPSA) is 29.5 Å². The fourth-order valence-electron chi connectivity index (χ4n) is 2.09. The summed E-state index contributed by atoms with van der Waals surface area (Å²) in [6.45, 7) is 4.96. The highest BCUT2D eigenvalue weighted by Gasteiger charge is 2.15. The second-order valence-electron chi connectivity index (χ2n) is 5.07. The molecule has 0 aliphatic rings. The van der Waals surface area contributed by atoms with Crippen molar-refractivity contribution in [2.45, 2.75) is 39.2 Å². The SMILES string of the molecule is COc1ccc(CCC(=O)N(CCCBr)C(C)C)cc1. The Morgan fingerprint density at radius 2 is 1.95 bits per heavy atom. The summed E-state index contributed by atoms with van der Waals surface area (Å²) in [6, 6.07) is 8.17. The molecule has 0 aromatic heterocycles. The molecule has 0 unspecified atom stereocenters. The van der Waals surface area contributed by atoms with Crippen LogP contribution >= 0.6 is 15.9 Å². The van der Waals surface area contributed by atoms with Crippen molar-refractivity contribution in [1.82, 2.24) is 4.90 Å². The van der Waals surface area contributed by atoms with Crippen molar-refractivity contribution in [2.24, 2.45) is 0 Å². The zero-order valence-electron chi connectivity index (χ0n) is 12.6. The van der Waals surface area contributed by atoms with Gasteiger partial charge >= 0.3 is 0 Å². The Morgan fingerprint density at radius 3 is 2.45 bits per heavy atom. The average molecular weight is 342 g/mol. The summed E-state index contributed by atoms with van der Waals surface area (Å²) in [5.41, 5.74) is 1.17. The standard InChI is InChI=1S/C16H24BrNO2/c1-13(2)18(12-4-11-17)16(19)10-7-14-5-8-15(20-3)9-6-14/h5-6,8-9,13H,4,7,10-12H2,1-3H3. The lowest BCUT2D eigenvalue weighted by molar-refractivity contribution is -0.132. The second-order valence-corrected chi connectivity index (χ2v) is 5.86. The van der Waals surface area contributed by atoms with Gasteiger partial charge in [0, 0.05) is 24.3 Å². The first-order valence-electron chi connectivity index (χ1n) is 7.06. The Labute approximate surface area is 130 Å². The molecule has 0 N–H and O–H groups in total. The molecule has 1 aromatic carbocycles. The van der Waals surface area contributed by atoms with Crippen LogP contribution in [0.4, 0.5) is 0 Å². The van der Waals surface area contributed by atoms with Crippen LogP contribution in [0, 0.1) is 0 Å². The Morgan fingerprint density at radius 1 is 1.30 bits per heavy atom. The molecule has 0 radical (unpaired) electrons. The number of methoxy groups -OCH3 is 1. The van der Waals surface area contributed by atoms with Crippen LogP contribution in [-0.4, -0.2) is 35.8 Å². The van der Waals surface area contributed by atoms with E-state index in [4.69, 9.17) is 4.74 Å². The molecule has 0 aliphatic heterocycles. The van der Waals surface area contributed by atoms with Gasteiger partial charge in [0.15, 0.2) is 0 Å². The van der Waals surface area contributed by atoms with Gasteiger partial charge in [-0.05, 0) is 44.4 Å². The lowest BCUT2D eigenvalue weighted by Crippen LogP contribution is -2.38. The van der Waals surface area contributed by atoms with E-state index in [-0.39, 0.29) is 11.9 Å². The number of rotatable bonds is 8. The second kappa shape index (κ2) is 9.01. The molecule has 0 heterocycles. The number of carbonyl (C=O) groups excluding carboxylic acids is 1. The summed E-state index contributed by atoms with van der Waals surface area (Å²) in [6.07, 6.45) is 2.33. The maximum atomic E-state index is 12.3. The third-order valence-corrected chi connectivity index (χ3v) is 3.82. The molecule has 1 rings (SSSR count). The van der Waals surface area contributed by atoms with Crippen LogP contribution < -0.4 is 4.74 Å². The van der Waals surface area contributed by atoms with Crippen molar-refractivity contribution in [3.63, 3.8) is 0 Å². The van der Waals surface area contributed by atoms with E-state index >= 15 is 0 Å². The predicted molar refractivity (Wildman–Crippen MR) is 86.6 cm³/mol. The van der Waals surface area contributed by atoms with Crippen LogP contribution in [0.2, 0.25) is 0 Å². The zero-order chi connectivity index (χ0) is 15.0. The van der Waals surface area contributed by atoms with E-state index < -0.39 is 0 Å². The van der Waals surface area contributed by atoms with E-state index in [2.05, 4.69) is 29.8 Å².